The third-order valence-electron chi connectivity index (χ3n) is 4.43. The van der Waals surface area contributed by atoms with Crippen LogP contribution in [0.1, 0.15) is 37.0 Å². The molecule has 1 heterocycles. The van der Waals surface area contributed by atoms with Gasteiger partial charge in [0.1, 0.15) is 0 Å². The van der Waals surface area contributed by atoms with E-state index in [9.17, 15) is 9.59 Å². The van der Waals surface area contributed by atoms with Crippen LogP contribution in [0.2, 0.25) is 5.02 Å². The molecule has 0 aliphatic carbocycles. The highest BCUT2D eigenvalue weighted by molar-refractivity contribution is 6.30. The summed E-state index contributed by atoms with van der Waals surface area (Å²) in [6.07, 6.45) is 1.96. The Morgan fingerprint density at radius 2 is 1.72 bits per heavy atom. The lowest BCUT2D eigenvalue weighted by Gasteiger charge is -2.35. The Morgan fingerprint density at radius 1 is 1.08 bits per heavy atom. The van der Waals surface area contributed by atoms with Crippen LogP contribution >= 0.6 is 11.6 Å². The number of benzene rings is 1. The van der Waals surface area contributed by atoms with Crippen LogP contribution in [0.25, 0.3) is 0 Å². The molecule has 0 bridgehead atoms. The van der Waals surface area contributed by atoms with Crippen molar-refractivity contribution in [3.63, 3.8) is 0 Å². The van der Waals surface area contributed by atoms with Gasteiger partial charge >= 0.3 is 0 Å². The molecule has 0 N–H and O–H groups in total. The average Bonchev–Trinajstić information content (AvgIpc) is 2.61. The second-order valence-corrected chi connectivity index (χ2v) is 6.90. The summed E-state index contributed by atoms with van der Waals surface area (Å²) in [6.45, 7) is 9.00. The molecule has 138 valence electrons. The third kappa shape index (κ3) is 5.72. The second kappa shape index (κ2) is 9.78. The molecule has 1 fully saturated rings. The average molecular weight is 366 g/mol. The zero-order chi connectivity index (χ0) is 18.2. The molecule has 0 unspecified atom stereocenters. The van der Waals surface area contributed by atoms with Crippen LogP contribution in [-0.2, 0) is 4.79 Å². The van der Waals surface area contributed by atoms with Crippen LogP contribution in [-0.4, -0.2) is 72.3 Å². The molecule has 2 amide bonds. The van der Waals surface area contributed by atoms with Crippen molar-refractivity contribution in [1.82, 2.24) is 14.7 Å². The quantitative estimate of drug-likeness (QED) is 0.746. The number of hydrogen-bond acceptors (Lipinski definition) is 3. The van der Waals surface area contributed by atoms with Crippen LogP contribution in [0.3, 0.4) is 0 Å². The number of halogens is 1. The summed E-state index contributed by atoms with van der Waals surface area (Å²) in [5.74, 6) is 0.199. The van der Waals surface area contributed by atoms with Crippen LogP contribution in [0.4, 0.5) is 0 Å². The topological polar surface area (TPSA) is 43.9 Å². The molecule has 0 radical (unpaired) electrons. The molecular weight excluding hydrogens is 338 g/mol. The standard InChI is InChI=1S/C19H28ClN3O2/c1-3-8-22(9-4-2)18(24)15-21-10-12-23(13-11-21)19(25)16-6-5-7-17(20)14-16/h5-7,14H,3-4,8-13,15H2,1-2H3. The zero-order valence-electron chi connectivity index (χ0n) is 15.2. The monoisotopic (exact) mass is 365 g/mol. The molecule has 2 rings (SSSR count). The van der Waals surface area contributed by atoms with E-state index in [1.54, 1.807) is 24.3 Å². The molecule has 6 heteroatoms. The molecule has 0 aromatic heterocycles. The van der Waals surface area contributed by atoms with Gasteiger partial charge in [0.2, 0.25) is 5.91 Å². The van der Waals surface area contributed by atoms with Gasteiger partial charge in [-0.05, 0) is 31.0 Å². The number of piperazine rings is 1. The molecular formula is C19H28ClN3O2. The van der Waals surface area contributed by atoms with E-state index < -0.39 is 0 Å². The molecule has 0 saturated carbocycles. The van der Waals surface area contributed by atoms with E-state index in [1.807, 2.05) is 9.80 Å². The highest BCUT2D eigenvalue weighted by Gasteiger charge is 2.24. The summed E-state index contributed by atoms with van der Waals surface area (Å²) in [5.41, 5.74) is 0.620. The smallest absolute Gasteiger partial charge is 0.253 e. The maximum Gasteiger partial charge on any atom is 0.253 e. The first-order chi connectivity index (χ1) is 12.0. The van der Waals surface area contributed by atoms with Crippen molar-refractivity contribution >= 4 is 23.4 Å². The molecule has 25 heavy (non-hydrogen) atoms. The Labute approximate surface area is 155 Å². The van der Waals surface area contributed by atoms with Crippen molar-refractivity contribution in [3.8, 4) is 0 Å². The van der Waals surface area contributed by atoms with Gasteiger partial charge in [-0.25, -0.2) is 0 Å². The third-order valence-corrected chi connectivity index (χ3v) is 4.66. The summed E-state index contributed by atoms with van der Waals surface area (Å²) >= 11 is 5.97. The Hall–Kier alpha value is -1.59. The first-order valence-electron chi connectivity index (χ1n) is 9.10. The summed E-state index contributed by atoms with van der Waals surface area (Å²) in [4.78, 5) is 30.9. The molecule has 1 aromatic carbocycles. The Morgan fingerprint density at radius 3 is 2.28 bits per heavy atom. The minimum absolute atomic E-state index is 0.00655. The van der Waals surface area contributed by atoms with Crippen LogP contribution in [0.5, 0.6) is 0 Å². The van der Waals surface area contributed by atoms with E-state index in [2.05, 4.69) is 18.7 Å². The second-order valence-electron chi connectivity index (χ2n) is 6.46. The molecule has 0 spiro atoms. The SMILES string of the molecule is CCCN(CCC)C(=O)CN1CCN(C(=O)c2cccc(Cl)c2)CC1. The summed E-state index contributed by atoms with van der Waals surface area (Å²) in [7, 11) is 0. The molecule has 1 aliphatic heterocycles. The van der Waals surface area contributed by atoms with E-state index in [0.717, 1.165) is 39.0 Å². The predicted octanol–water partition coefficient (Wildman–Crippen LogP) is 2.75. The minimum Gasteiger partial charge on any atom is -0.342 e. The summed E-state index contributed by atoms with van der Waals surface area (Å²) < 4.78 is 0. The van der Waals surface area contributed by atoms with Gasteiger partial charge in [0.05, 0.1) is 6.54 Å². The molecule has 0 atom stereocenters. The van der Waals surface area contributed by atoms with Crippen molar-refractivity contribution in [2.24, 2.45) is 0 Å². The first-order valence-corrected chi connectivity index (χ1v) is 9.48. The van der Waals surface area contributed by atoms with Gasteiger partial charge in [-0.1, -0.05) is 31.5 Å². The largest absolute Gasteiger partial charge is 0.342 e. The summed E-state index contributed by atoms with van der Waals surface area (Å²) in [5, 5.41) is 0.571. The molecule has 1 saturated heterocycles. The maximum atomic E-state index is 12.5. The lowest BCUT2D eigenvalue weighted by molar-refractivity contribution is -0.132. The van der Waals surface area contributed by atoms with Gasteiger partial charge in [0.15, 0.2) is 0 Å². The lowest BCUT2D eigenvalue weighted by Crippen LogP contribution is -2.51. The highest BCUT2D eigenvalue weighted by atomic mass is 35.5. The van der Waals surface area contributed by atoms with Gasteiger partial charge < -0.3 is 9.80 Å². The first kappa shape index (κ1) is 19.7. The fourth-order valence-corrected chi connectivity index (χ4v) is 3.30. The van der Waals surface area contributed by atoms with Crippen LogP contribution in [0.15, 0.2) is 24.3 Å². The zero-order valence-corrected chi connectivity index (χ0v) is 16.0. The number of rotatable bonds is 7. The highest BCUT2D eigenvalue weighted by Crippen LogP contribution is 2.14. The molecule has 5 nitrogen and oxygen atoms in total. The van der Waals surface area contributed by atoms with Gasteiger partial charge in [0, 0.05) is 49.9 Å². The number of hydrogen-bond donors (Lipinski definition) is 0. The van der Waals surface area contributed by atoms with Crippen molar-refractivity contribution in [2.45, 2.75) is 26.7 Å². The van der Waals surface area contributed by atoms with E-state index in [4.69, 9.17) is 11.6 Å². The Kier molecular flexibility index (Phi) is 7.72. The van der Waals surface area contributed by atoms with Crippen LogP contribution < -0.4 is 0 Å². The van der Waals surface area contributed by atoms with E-state index in [0.29, 0.717) is 30.2 Å². The van der Waals surface area contributed by atoms with Gasteiger partial charge in [-0.15, -0.1) is 0 Å². The normalized spacial score (nSPS) is 15.2. The fourth-order valence-electron chi connectivity index (χ4n) is 3.11. The van der Waals surface area contributed by atoms with Crippen molar-refractivity contribution in [2.75, 3.05) is 45.8 Å². The van der Waals surface area contributed by atoms with Gasteiger partial charge in [-0.3, -0.25) is 14.5 Å². The van der Waals surface area contributed by atoms with E-state index in [-0.39, 0.29) is 11.8 Å². The molecule has 1 aliphatic rings. The predicted molar refractivity (Wildman–Crippen MR) is 101 cm³/mol. The number of amides is 2. The van der Waals surface area contributed by atoms with Crippen LogP contribution in [0, 0.1) is 0 Å². The van der Waals surface area contributed by atoms with E-state index >= 15 is 0 Å². The molecule has 1 aromatic rings. The number of nitrogens with zero attached hydrogens (tertiary/aromatic N) is 3. The van der Waals surface area contributed by atoms with Crippen molar-refractivity contribution in [1.29, 1.82) is 0 Å². The van der Waals surface area contributed by atoms with Gasteiger partial charge in [-0.2, -0.15) is 0 Å². The number of carbonyl (C=O) groups is 2. The Balaban J connectivity index is 1.84. The fraction of sp³-hybridized carbons (Fsp3) is 0.579. The maximum absolute atomic E-state index is 12.5. The van der Waals surface area contributed by atoms with Crippen molar-refractivity contribution < 1.29 is 9.59 Å². The summed E-state index contributed by atoms with van der Waals surface area (Å²) in [6, 6.07) is 7.05. The number of carbonyl (C=O) groups excluding carboxylic acids is 2. The van der Waals surface area contributed by atoms with Gasteiger partial charge in [0.25, 0.3) is 5.91 Å². The van der Waals surface area contributed by atoms with E-state index in [1.165, 1.54) is 0 Å². The van der Waals surface area contributed by atoms with Crippen molar-refractivity contribution in [3.05, 3.63) is 34.9 Å². The minimum atomic E-state index is 0.00655. The lowest BCUT2D eigenvalue weighted by atomic mass is 10.2. The Bertz CT molecular complexity index is 580.